The lowest BCUT2D eigenvalue weighted by Gasteiger charge is -2.19. The summed E-state index contributed by atoms with van der Waals surface area (Å²) >= 11 is 7.72. The predicted molar refractivity (Wildman–Crippen MR) is 104 cm³/mol. The molecular formula is C18H22ClN5OS. The van der Waals surface area contributed by atoms with Crippen molar-refractivity contribution in [3.63, 3.8) is 0 Å². The van der Waals surface area contributed by atoms with Crippen LogP contribution in [0.4, 0.5) is 5.95 Å². The van der Waals surface area contributed by atoms with Gasteiger partial charge < -0.3 is 10.2 Å². The third-order valence-corrected chi connectivity index (χ3v) is 6.25. The molecule has 1 aromatic carbocycles. The molecule has 3 heterocycles. The average molecular weight is 392 g/mol. The monoisotopic (exact) mass is 391 g/mol. The van der Waals surface area contributed by atoms with Gasteiger partial charge in [-0.1, -0.05) is 35.9 Å². The Morgan fingerprint density at radius 3 is 2.81 bits per heavy atom. The first-order valence-electron chi connectivity index (χ1n) is 9.13. The Hall–Kier alpha value is -1.73. The number of carbonyl (C=O) groups is 1. The van der Waals surface area contributed by atoms with Crippen LogP contribution in [0.15, 0.2) is 29.4 Å². The third kappa shape index (κ3) is 3.69. The minimum Gasteiger partial charge on any atom is -0.355 e. The van der Waals surface area contributed by atoms with Gasteiger partial charge in [-0.25, -0.2) is 0 Å². The molecule has 138 valence electrons. The normalized spacial score (nSPS) is 20.9. The fourth-order valence-corrected chi connectivity index (χ4v) is 4.75. The van der Waals surface area contributed by atoms with Gasteiger partial charge in [0.25, 0.3) is 0 Å². The molecule has 0 saturated carbocycles. The van der Waals surface area contributed by atoms with E-state index in [4.69, 9.17) is 11.6 Å². The second-order valence-corrected chi connectivity index (χ2v) is 8.29. The Labute approximate surface area is 162 Å². The molecule has 2 aromatic rings. The Morgan fingerprint density at radius 1 is 1.15 bits per heavy atom. The maximum absolute atomic E-state index is 12.4. The molecule has 2 aliphatic heterocycles. The molecule has 26 heavy (non-hydrogen) atoms. The van der Waals surface area contributed by atoms with E-state index in [2.05, 4.69) is 20.4 Å². The molecule has 8 heteroatoms. The van der Waals surface area contributed by atoms with Crippen LogP contribution in [0, 0.1) is 0 Å². The van der Waals surface area contributed by atoms with E-state index in [-0.39, 0.29) is 11.2 Å². The Balaban J connectivity index is 1.70. The lowest BCUT2D eigenvalue weighted by Crippen LogP contribution is -2.31. The second-order valence-electron chi connectivity index (χ2n) is 6.69. The van der Waals surface area contributed by atoms with Gasteiger partial charge in [-0.15, -0.1) is 10.2 Å². The molecule has 0 aliphatic carbocycles. The number of nitrogens with zero attached hydrogens (tertiary/aromatic N) is 4. The van der Waals surface area contributed by atoms with Crippen molar-refractivity contribution in [1.82, 2.24) is 20.1 Å². The Morgan fingerprint density at radius 2 is 2.00 bits per heavy atom. The fraction of sp³-hybridized carbons (Fsp3) is 0.500. The van der Waals surface area contributed by atoms with Crippen molar-refractivity contribution >= 4 is 35.2 Å². The first kappa shape index (κ1) is 17.7. The zero-order valence-electron chi connectivity index (χ0n) is 14.5. The van der Waals surface area contributed by atoms with Crippen LogP contribution in [-0.4, -0.2) is 45.6 Å². The zero-order chi connectivity index (χ0) is 17.9. The first-order valence-corrected chi connectivity index (χ1v) is 10.4. The number of rotatable bonds is 4. The predicted octanol–water partition coefficient (Wildman–Crippen LogP) is 3.28. The molecular weight excluding hydrogens is 370 g/mol. The largest absolute Gasteiger partial charge is 0.355 e. The molecule has 2 aliphatic rings. The van der Waals surface area contributed by atoms with Crippen LogP contribution in [0.5, 0.6) is 0 Å². The van der Waals surface area contributed by atoms with E-state index in [1.165, 1.54) is 11.8 Å². The number of anilines is 1. The average Bonchev–Trinajstić information content (AvgIpc) is 3.25. The minimum absolute atomic E-state index is 0.0934. The molecule has 0 bridgehead atoms. The van der Waals surface area contributed by atoms with Crippen LogP contribution in [0.2, 0.25) is 5.02 Å². The smallest absolute Gasteiger partial charge is 0.233 e. The van der Waals surface area contributed by atoms with Crippen molar-refractivity contribution in [2.24, 2.45) is 0 Å². The summed E-state index contributed by atoms with van der Waals surface area (Å²) in [6, 6.07) is 7.71. The van der Waals surface area contributed by atoms with Gasteiger partial charge in [-0.05, 0) is 43.9 Å². The van der Waals surface area contributed by atoms with Gasteiger partial charge in [0.2, 0.25) is 11.9 Å². The summed E-state index contributed by atoms with van der Waals surface area (Å²) in [6.07, 6.45) is 5.26. The van der Waals surface area contributed by atoms with E-state index in [1.807, 2.05) is 28.8 Å². The van der Waals surface area contributed by atoms with Crippen molar-refractivity contribution < 1.29 is 4.79 Å². The van der Waals surface area contributed by atoms with Crippen LogP contribution >= 0.6 is 23.4 Å². The van der Waals surface area contributed by atoms with E-state index in [0.29, 0.717) is 5.02 Å². The van der Waals surface area contributed by atoms with E-state index in [1.54, 1.807) is 0 Å². The summed E-state index contributed by atoms with van der Waals surface area (Å²) in [7, 11) is 0. The van der Waals surface area contributed by atoms with Gasteiger partial charge in [0.15, 0.2) is 5.16 Å². The molecule has 2 saturated heterocycles. The Bertz CT molecular complexity index is 790. The summed E-state index contributed by atoms with van der Waals surface area (Å²) in [4.78, 5) is 14.6. The number of hydrogen-bond donors (Lipinski definition) is 1. The first-order chi connectivity index (χ1) is 12.7. The molecule has 0 unspecified atom stereocenters. The highest BCUT2D eigenvalue weighted by Gasteiger charge is 2.28. The number of thioether (sulfide) groups is 1. The van der Waals surface area contributed by atoms with Crippen LogP contribution < -0.4 is 10.2 Å². The quantitative estimate of drug-likeness (QED) is 0.866. The van der Waals surface area contributed by atoms with Crippen LogP contribution in [0.25, 0.3) is 5.69 Å². The lowest BCUT2D eigenvalue weighted by atomic mass is 10.2. The number of hydrogen-bond acceptors (Lipinski definition) is 5. The molecule has 6 nitrogen and oxygen atoms in total. The number of carbonyl (C=O) groups excluding carboxylic acids is 1. The highest BCUT2D eigenvalue weighted by atomic mass is 35.5. The molecule has 0 radical (unpaired) electrons. The summed E-state index contributed by atoms with van der Waals surface area (Å²) < 4.78 is 2.04. The standard InChI is InChI=1S/C18H22ClN5OS/c19-13-6-5-7-14(12-13)24-17(23-10-3-4-11-23)21-22-18(24)26-15-8-1-2-9-20-16(15)25/h5-7,12,15H,1-4,8-11H2,(H,20,25)/t15-/m0/s1. The number of benzene rings is 1. The summed E-state index contributed by atoms with van der Waals surface area (Å²) in [5.41, 5.74) is 0.931. The molecule has 1 aromatic heterocycles. The van der Waals surface area contributed by atoms with Crippen LogP contribution in [0.1, 0.15) is 32.1 Å². The maximum atomic E-state index is 12.4. The van der Waals surface area contributed by atoms with Crippen molar-refractivity contribution in [3.05, 3.63) is 29.3 Å². The summed E-state index contributed by atoms with van der Waals surface area (Å²) in [6.45, 7) is 2.72. The van der Waals surface area contributed by atoms with Gasteiger partial charge in [0.1, 0.15) is 0 Å². The molecule has 1 N–H and O–H groups in total. The van der Waals surface area contributed by atoms with Gasteiger partial charge in [-0.2, -0.15) is 0 Å². The highest BCUT2D eigenvalue weighted by Crippen LogP contribution is 2.33. The lowest BCUT2D eigenvalue weighted by molar-refractivity contribution is -0.120. The van der Waals surface area contributed by atoms with Gasteiger partial charge >= 0.3 is 0 Å². The maximum Gasteiger partial charge on any atom is 0.233 e. The van der Waals surface area contributed by atoms with E-state index >= 15 is 0 Å². The molecule has 1 atom stereocenters. The molecule has 2 fully saturated rings. The number of aromatic nitrogens is 3. The molecule has 4 rings (SSSR count). The minimum atomic E-state index is -0.133. The van der Waals surface area contributed by atoms with Crippen molar-refractivity contribution in [3.8, 4) is 5.69 Å². The van der Waals surface area contributed by atoms with Gasteiger partial charge in [0.05, 0.1) is 10.9 Å². The van der Waals surface area contributed by atoms with E-state index in [0.717, 1.165) is 68.5 Å². The van der Waals surface area contributed by atoms with Crippen molar-refractivity contribution in [2.75, 3.05) is 24.5 Å². The second kappa shape index (κ2) is 7.88. The SMILES string of the molecule is O=C1NCCCC[C@@H]1Sc1nnc(N2CCCC2)n1-c1cccc(Cl)c1. The summed E-state index contributed by atoms with van der Waals surface area (Å²) in [5.74, 6) is 0.928. The number of nitrogens with one attached hydrogen (secondary N) is 1. The summed E-state index contributed by atoms with van der Waals surface area (Å²) in [5, 5.41) is 13.2. The number of halogens is 1. The van der Waals surface area contributed by atoms with Crippen LogP contribution in [-0.2, 0) is 4.79 Å². The van der Waals surface area contributed by atoms with Gasteiger partial charge in [0, 0.05) is 24.7 Å². The van der Waals surface area contributed by atoms with Crippen LogP contribution in [0.3, 0.4) is 0 Å². The fourth-order valence-electron chi connectivity index (χ4n) is 3.45. The zero-order valence-corrected chi connectivity index (χ0v) is 16.1. The van der Waals surface area contributed by atoms with Gasteiger partial charge in [-0.3, -0.25) is 9.36 Å². The molecule has 0 spiro atoms. The Kier molecular flexibility index (Phi) is 5.36. The van der Waals surface area contributed by atoms with Crippen molar-refractivity contribution in [1.29, 1.82) is 0 Å². The number of amides is 1. The van der Waals surface area contributed by atoms with E-state index < -0.39 is 0 Å². The highest BCUT2D eigenvalue weighted by molar-refractivity contribution is 8.00. The van der Waals surface area contributed by atoms with E-state index in [9.17, 15) is 4.79 Å². The topological polar surface area (TPSA) is 63.1 Å². The van der Waals surface area contributed by atoms with Crippen molar-refractivity contribution in [2.45, 2.75) is 42.5 Å². The molecule has 1 amide bonds. The third-order valence-electron chi connectivity index (χ3n) is 4.80.